The number of carboxylic acid groups (broad SMARTS) is 1. The lowest BCUT2D eigenvalue weighted by molar-refractivity contribution is -0.375. The molecule has 506 valence electrons. The molecule has 28 heteroatoms. The van der Waals surface area contributed by atoms with Gasteiger partial charge in [0.15, 0.2) is 25.0 Å². The van der Waals surface area contributed by atoms with E-state index >= 15 is 4.79 Å². The van der Waals surface area contributed by atoms with Gasteiger partial charge in [-0.2, -0.15) is 0 Å². The van der Waals surface area contributed by atoms with Crippen molar-refractivity contribution in [1.82, 2.24) is 0 Å². The molecule has 8 fully saturated rings. The Morgan fingerprint density at radius 1 is 0.652 bits per heavy atom. The summed E-state index contributed by atoms with van der Waals surface area (Å²) in [5.41, 5.74) is -2.66. The van der Waals surface area contributed by atoms with Gasteiger partial charge in [-0.25, -0.2) is 4.79 Å². The fraction of sp³-hybridized carbons (Fsp3) is 0.885. The second kappa shape index (κ2) is 26.1. The minimum absolute atomic E-state index is 0.0100. The highest BCUT2D eigenvalue weighted by atomic mass is 16.8. The largest absolute Gasteiger partial charge is 0.479 e. The maximum atomic E-state index is 15.2. The van der Waals surface area contributed by atoms with Gasteiger partial charge in [0.2, 0.25) is 6.29 Å². The molecule has 0 aromatic heterocycles. The van der Waals surface area contributed by atoms with Crippen LogP contribution in [0.5, 0.6) is 0 Å². The van der Waals surface area contributed by atoms with Crippen molar-refractivity contribution in [3.63, 3.8) is 0 Å². The predicted octanol–water partition coefficient (Wildman–Crippen LogP) is -2.24. The fourth-order valence-electron chi connectivity index (χ4n) is 17.5. The van der Waals surface area contributed by atoms with Crippen LogP contribution in [0.2, 0.25) is 0 Å². The third-order valence-electron chi connectivity index (χ3n) is 22.5. The molecule has 9 rings (SSSR count). The number of allylic oxidation sites excluding steroid dienone is 2. The minimum Gasteiger partial charge on any atom is -0.479 e. The van der Waals surface area contributed by atoms with Crippen molar-refractivity contribution in [2.24, 2.45) is 56.7 Å². The zero-order chi connectivity index (χ0) is 65.6. The lowest BCUT2D eigenvalue weighted by Gasteiger charge is -2.70. The van der Waals surface area contributed by atoms with E-state index in [4.69, 9.17) is 42.6 Å². The maximum Gasteiger partial charge on any atom is 0.335 e. The van der Waals surface area contributed by atoms with Crippen LogP contribution in [0.15, 0.2) is 11.6 Å². The first kappa shape index (κ1) is 70.0. The van der Waals surface area contributed by atoms with E-state index in [0.29, 0.717) is 19.3 Å². The molecule has 0 amide bonds. The number of ketones is 1. The van der Waals surface area contributed by atoms with E-state index in [-0.39, 0.29) is 39.9 Å². The van der Waals surface area contributed by atoms with Crippen molar-refractivity contribution in [3.8, 4) is 0 Å². The summed E-state index contributed by atoms with van der Waals surface area (Å²) < 4.78 is 52.3. The number of carboxylic acids is 1. The highest BCUT2D eigenvalue weighted by molar-refractivity contribution is 5.78. The molecular formula is C61H94O28. The molecule has 0 aromatic carbocycles. The number of fused-ring (bicyclic) bond motifs is 7. The number of esters is 2. The van der Waals surface area contributed by atoms with E-state index in [0.717, 1.165) is 44.8 Å². The van der Waals surface area contributed by atoms with Gasteiger partial charge in [-0.1, -0.05) is 53.2 Å². The SMILES string of the molecule is CC(=O)CC(C)(O)CC(=O)OC[C@H]1O[C@@H](OC[C@H]2O[C@@H](OC(=O)C3CC(C)(C)CC4C5=CCC6[C@@]7(C)CC[C@H](O)[C@@](C)(C=O)C7CC[C@@]6(C)[C@]5(C)CCC34)[C@H](O)[C@@H](OC3O[C@H](CO)[C@H](O)[C@H](O)[C@H]3O)[C@H]2O)[C@H](O[C@@H]2O[C@H](C(=O)O)[C@H](O)[C@H](O)[C@H]2O)[C@@H](O)C1O. The Bertz CT molecular complexity index is 2600. The smallest absolute Gasteiger partial charge is 0.335 e. The lowest BCUT2D eigenvalue weighted by Crippen LogP contribution is -2.66. The number of ether oxygens (including phenoxy) is 9. The predicted molar refractivity (Wildman–Crippen MR) is 298 cm³/mol. The third kappa shape index (κ3) is 12.9. The highest BCUT2D eigenvalue weighted by Gasteiger charge is 2.69. The summed E-state index contributed by atoms with van der Waals surface area (Å²) in [4.78, 5) is 64.7. The summed E-state index contributed by atoms with van der Waals surface area (Å²) in [5, 5.41) is 153. The Balaban J connectivity index is 0.992. The molecule has 4 saturated heterocycles. The summed E-state index contributed by atoms with van der Waals surface area (Å²) in [7, 11) is 0. The van der Waals surface area contributed by atoms with Crippen molar-refractivity contribution in [3.05, 3.63) is 11.6 Å². The van der Waals surface area contributed by atoms with Gasteiger partial charge in [-0.3, -0.25) is 14.4 Å². The van der Waals surface area contributed by atoms with E-state index in [1.54, 1.807) is 0 Å². The summed E-state index contributed by atoms with van der Waals surface area (Å²) in [6, 6.07) is 0. The Hall–Kier alpha value is -3.31. The van der Waals surface area contributed by atoms with E-state index in [1.807, 2.05) is 6.92 Å². The Morgan fingerprint density at radius 2 is 1.26 bits per heavy atom. The standard InChI is InChI=1S/C61H94O28/c1-25(64)17-57(4,80)20-36(66)81-22-31-38(68)42(72)49(88-53-45(75)41(71)43(73)48(87-53)50(77)78)55(85-31)82-23-32-39(69)47(86-52-44(74)40(70)37(67)30(21-62)83-52)46(76)54(84-32)89-51(79)28-19-56(2,3)18-27-26(28)11-15-60(7)29(27)9-10-34-58(5)14-13-35(65)59(6,24-63)33(58)12-16-61(34,60)8/h9,24,26-28,30-35,37-49,52-55,62,65,67-76,80H,10-23H2,1-8H3,(H,77,78)/t26?,27?,28?,30-,31-,32-,33?,34?,35+,37+,38?,39+,40+,41+,42+,43-,44-,45-,46-,47+,48+,49-,52?,53+,54+,55-,57?,58+,59+,60-,61-/m1/s1. The number of rotatable bonds is 18. The summed E-state index contributed by atoms with van der Waals surface area (Å²) in [6.07, 6.45) is -33.4. The molecule has 89 heavy (non-hydrogen) atoms. The van der Waals surface area contributed by atoms with Crippen LogP contribution in [0.1, 0.15) is 126 Å². The molecule has 28 nitrogen and oxygen atoms in total. The van der Waals surface area contributed by atoms with Gasteiger partial charge in [0.25, 0.3) is 0 Å². The van der Waals surface area contributed by atoms with Crippen LogP contribution < -0.4 is 0 Å². The quantitative estimate of drug-likeness (QED) is 0.0392. The van der Waals surface area contributed by atoms with Crippen LogP contribution in [0, 0.1) is 56.7 Å². The Morgan fingerprint density at radius 3 is 1.90 bits per heavy atom. The van der Waals surface area contributed by atoms with Gasteiger partial charge in [0.1, 0.15) is 110 Å². The van der Waals surface area contributed by atoms with Crippen LogP contribution in [0.3, 0.4) is 0 Å². The zero-order valence-electron chi connectivity index (χ0n) is 51.5. The lowest BCUT2D eigenvalue weighted by atomic mass is 9.34. The third-order valence-corrected chi connectivity index (χ3v) is 22.5. The van der Waals surface area contributed by atoms with Gasteiger partial charge >= 0.3 is 17.9 Å². The minimum atomic E-state index is -2.23. The zero-order valence-corrected chi connectivity index (χ0v) is 51.5. The van der Waals surface area contributed by atoms with Crippen LogP contribution in [0.25, 0.3) is 0 Å². The van der Waals surface area contributed by atoms with E-state index in [9.17, 15) is 90.7 Å². The molecule has 4 aliphatic heterocycles. The summed E-state index contributed by atoms with van der Waals surface area (Å²) >= 11 is 0. The second-order valence-electron chi connectivity index (χ2n) is 29.0. The monoisotopic (exact) mass is 1270 g/mol. The first-order valence-corrected chi connectivity index (χ1v) is 31.1. The van der Waals surface area contributed by atoms with Crippen LogP contribution in [0.4, 0.5) is 0 Å². The molecule has 5 aliphatic carbocycles. The molecule has 0 bridgehead atoms. The number of hydrogen-bond acceptors (Lipinski definition) is 27. The maximum absolute atomic E-state index is 15.2. The number of aliphatic hydroxyl groups is 13. The van der Waals surface area contributed by atoms with Crippen LogP contribution in [-0.4, -0.2) is 256 Å². The number of aldehydes is 1. The first-order valence-electron chi connectivity index (χ1n) is 31.1. The molecule has 4 heterocycles. The number of Topliss-reactive ketones (excluding diaryl/α,β-unsaturated/α-hetero) is 1. The second-order valence-corrected chi connectivity index (χ2v) is 29.0. The van der Waals surface area contributed by atoms with Crippen molar-refractivity contribution >= 4 is 30.0 Å². The van der Waals surface area contributed by atoms with Crippen molar-refractivity contribution < 1.29 is 138 Å². The van der Waals surface area contributed by atoms with Gasteiger partial charge in [0, 0.05) is 6.42 Å². The molecule has 0 aromatic rings. The van der Waals surface area contributed by atoms with Crippen molar-refractivity contribution in [2.45, 2.75) is 261 Å². The fourth-order valence-corrected chi connectivity index (χ4v) is 17.5. The molecule has 0 spiro atoms. The summed E-state index contributed by atoms with van der Waals surface area (Å²) in [6.45, 7) is 12.7. The number of carbonyl (C=O) groups excluding carboxylic acids is 4. The van der Waals surface area contributed by atoms with Gasteiger partial charge in [-0.05, 0) is 117 Å². The molecule has 4 saturated carbocycles. The summed E-state index contributed by atoms with van der Waals surface area (Å²) in [5.74, 6) is -5.09. The number of carbonyl (C=O) groups is 5. The Kier molecular flexibility index (Phi) is 20.6. The number of aliphatic carboxylic acids is 1. The normalized spacial score (nSPS) is 49.4. The number of aliphatic hydroxyl groups excluding tert-OH is 12. The van der Waals surface area contributed by atoms with Gasteiger partial charge < -0.3 is 119 Å². The molecule has 14 N–H and O–H groups in total. The average molecular weight is 1280 g/mol. The average Bonchev–Trinajstić information content (AvgIpc) is 0.683. The van der Waals surface area contributed by atoms with Crippen molar-refractivity contribution in [2.75, 3.05) is 19.8 Å². The molecule has 8 unspecified atom stereocenters. The van der Waals surface area contributed by atoms with Gasteiger partial charge in [0.05, 0.1) is 42.7 Å². The molecule has 9 aliphatic rings. The van der Waals surface area contributed by atoms with E-state index in [1.165, 1.54) is 19.4 Å². The number of hydrogen-bond donors (Lipinski definition) is 14. The Labute approximate surface area is 515 Å². The first-order chi connectivity index (χ1) is 41.5. The van der Waals surface area contributed by atoms with Crippen LogP contribution >= 0.6 is 0 Å². The molecule has 0 radical (unpaired) electrons. The molecule has 31 atom stereocenters. The van der Waals surface area contributed by atoms with Crippen molar-refractivity contribution in [1.29, 1.82) is 0 Å². The van der Waals surface area contributed by atoms with E-state index < -0.39 is 208 Å². The van der Waals surface area contributed by atoms with E-state index in [2.05, 4.69) is 40.7 Å². The topological polar surface area (TPSA) is 452 Å². The highest BCUT2D eigenvalue weighted by Crippen LogP contribution is 2.74. The van der Waals surface area contributed by atoms with Crippen LogP contribution in [-0.2, 0) is 66.6 Å². The molecular weight excluding hydrogens is 1180 g/mol. The van der Waals surface area contributed by atoms with Gasteiger partial charge in [-0.15, -0.1) is 0 Å².